The summed E-state index contributed by atoms with van der Waals surface area (Å²) >= 11 is 0. The Morgan fingerprint density at radius 1 is 1.35 bits per heavy atom. The van der Waals surface area contributed by atoms with E-state index >= 15 is 0 Å². The maximum Gasteiger partial charge on any atom is 0.0594 e. The fraction of sp³-hybridized carbons (Fsp3) is 1.00. The first-order valence-electron chi connectivity index (χ1n) is 6.95. The number of ether oxygens (including phenoxy) is 1. The number of hydrogen-bond donors (Lipinski definition) is 2. The Kier molecular flexibility index (Phi) is 4.79. The zero-order chi connectivity index (χ0) is 12.1. The summed E-state index contributed by atoms with van der Waals surface area (Å²) in [5.41, 5.74) is 0.238. The molecule has 100 valence electrons. The van der Waals surface area contributed by atoms with Crippen LogP contribution < -0.4 is 10.6 Å². The number of rotatable bonds is 5. The van der Waals surface area contributed by atoms with Crippen LogP contribution in [0.2, 0.25) is 0 Å². The van der Waals surface area contributed by atoms with E-state index in [0.717, 1.165) is 39.4 Å². The summed E-state index contributed by atoms with van der Waals surface area (Å²) in [6.07, 6.45) is 2.66. The van der Waals surface area contributed by atoms with Crippen molar-refractivity contribution in [3.63, 3.8) is 0 Å². The average molecular weight is 241 g/mol. The Morgan fingerprint density at radius 3 is 2.76 bits per heavy atom. The second kappa shape index (κ2) is 6.14. The molecular weight excluding hydrogens is 214 g/mol. The lowest BCUT2D eigenvalue weighted by atomic mass is 10.0. The van der Waals surface area contributed by atoms with Crippen molar-refractivity contribution in [3.05, 3.63) is 0 Å². The van der Waals surface area contributed by atoms with E-state index in [1.54, 1.807) is 0 Å². The van der Waals surface area contributed by atoms with Gasteiger partial charge in [0.1, 0.15) is 0 Å². The minimum Gasteiger partial charge on any atom is -0.379 e. The molecule has 0 spiro atoms. The van der Waals surface area contributed by atoms with Gasteiger partial charge in [0.2, 0.25) is 0 Å². The van der Waals surface area contributed by atoms with Crippen molar-refractivity contribution in [2.75, 3.05) is 45.9 Å². The molecule has 0 amide bonds. The Labute approximate surface area is 105 Å². The number of nitrogens with one attached hydrogen (secondary N) is 2. The van der Waals surface area contributed by atoms with Crippen molar-refractivity contribution in [2.24, 2.45) is 0 Å². The number of hydrogen-bond acceptors (Lipinski definition) is 4. The van der Waals surface area contributed by atoms with E-state index in [1.165, 1.54) is 19.4 Å². The van der Waals surface area contributed by atoms with Gasteiger partial charge < -0.3 is 15.4 Å². The summed E-state index contributed by atoms with van der Waals surface area (Å²) in [5.74, 6) is 0. The lowest BCUT2D eigenvalue weighted by Gasteiger charge is -2.41. The van der Waals surface area contributed by atoms with Crippen molar-refractivity contribution < 1.29 is 4.74 Å². The van der Waals surface area contributed by atoms with Gasteiger partial charge in [-0.25, -0.2) is 0 Å². The standard InChI is InChI=1S/C13H27N3O/c1-13(2,16-6-8-17-9-7-16)11-14-10-12-4-3-5-15-12/h12,14-15H,3-11H2,1-2H3. The van der Waals surface area contributed by atoms with Crippen LogP contribution >= 0.6 is 0 Å². The van der Waals surface area contributed by atoms with Crippen LogP contribution in [0.3, 0.4) is 0 Å². The molecule has 2 fully saturated rings. The van der Waals surface area contributed by atoms with Crippen LogP contribution in [0, 0.1) is 0 Å². The van der Waals surface area contributed by atoms with Crippen molar-refractivity contribution >= 4 is 0 Å². The maximum atomic E-state index is 5.41. The van der Waals surface area contributed by atoms with Crippen LogP contribution in [-0.2, 0) is 4.74 Å². The first-order chi connectivity index (χ1) is 8.18. The first-order valence-corrected chi connectivity index (χ1v) is 6.95. The zero-order valence-electron chi connectivity index (χ0n) is 11.3. The van der Waals surface area contributed by atoms with E-state index < -0.39 is 0 Å². The highest BCUT2D eigenvalue weighted by atomic mass is 16.5. The molecule has 2 heterocycles. The summed E-state index contributed by atoms with van der Waals surface area (Å²) in [5, 5.41) is 7.15. The van der Waals surface area contributed by atoms with Crippen molar-refractivity contribution in [3.8, 4) is 0 Å². The molecule has 2 rings (SSSR count). The van der Waals surface area contributed by atoms with Crippen LogP contribution in [-0.4, -0.2) is 62.4 Å². The molecule has 2 N–H and O–H groups in total. The molecule has 2 saturated heterocycles. The molecule has 1 atom stereocenters. The third-order valence-electron chi connectivity index (χ3n) is 3.98. The van der Waals surface area contributed by atoms with Crippen LogP contribution in [0.15, 0.2) is 0 Å². The Balaban J connectivity index is 1.68. The molecule has 0 bridgehead atoms. The highest BCUT2D eigenvalue weighted by Crippen LogP contribution is 2.15. The third kappa shape index (κ3) is 3.91. The highest BCUT2D eigenvalue weighted by Gasteiger charge is 2.28. The molecule has 0 saturated carbocycles. The second-order valence-corrected chi connectivity index (χ2v) is 5.84. The summed E-state index contributed by atoms with van der Waals surface area (Å²) in [6, 6.07) is 0.690. The molecule has 2 aliphatic rings. The normalized spacial score (nSPS) is 27.5. The number of nitrogens with zero attached hydrogens (tertiary/aromatic N) is 1. The smallest absolute Gasteiger partial charge is 0.0594 e. The fourth-order valence-corrected chi connectivity index (χ4v) is 2.76. The van der Waals surface area contributed by atoms with Crippen LogP contribution in [0.4, 0.5) is 0 Å². The topological polar surface area (TPSA) is 36.5 Å². The average Bonchev–Trinajstić information content (AvgIpc) is 2.83. The maximum absolute atomic E-state index is 5.41. The molecule has 4 heteroatoms. The van der Waals surface area contributed by atoms with Gasteiger partial charge in [0.05, 0.1) is 13.2 Å². The van der Waals surface area contributed by atoms with E-state index in [4.69, 9.17) is 4.74 Å². The van der Waals surface area contributed by atoms with Gasteiger partial charge in [0.25, 0.3) is 0 Å². The lowest BCUT2D eigenvalue weighted by molar-refractivity contribution is -0.00963. The van der Waals surface area contributed by atoms with E-state index in [0.29, 0.717) is 6.04 Å². The zero-order valence-corrected chi connectivity index (χ0v) is 11.3. The molecule has 0 aliphatic carbocycles. The summed E-state index contributed by atoms with van der Waals surface area (Å²) in [4.78, 5) is 2.53. The molecule has 4 nitrogen and oxygen atoms in total. The Hall–Kier alpha value is -0.160. The Bertz CT molecular complexity index is 221. The predicted molar refractivity (Wildman–Crippen MR) is 70.4 cm³/mol. The predicted octanol–water partition coefficient (Wildman–Crippen LogP) is 0.439. The van der Waals surface area contributed by atoms with E-state index in [-0.39, 0.29) is 5.54 Å². The molecule has 1 unspecified atom stereocenters. The minimum absolute atomic E-state index is 0.238. The first kappa shape index (κ1) is 13.3. The van der Waals surface area contributed by atoms with E-state index in [1.807, 2.05) is 0 Å². The summed E-state index contributed by atoms with van der Waals surface area (Å²) in [7, 11) is 0. The molecule has 0 aromatic carbocycles. The molecule has 0 radical (unpaired) electrons. The van der Waals surface area contributed by atoms with Crippen molar-refractivity contribution in [1.29, 1.82) is 0 Å². The summed E-state index contributed by atoms with van der Waals surface area (Å²) < 4.78 is 5.41. The number of morpholine rings is 1. The van der Waals surface area contributed by atoms with Gasteiger partial charge in [-0.3, -0.25) is 4.90 Å². The van der Waals surface area contributed by atoms with Crippen molar-refractivity contribution in [1.82, 2.24) is 15.5 Å². The van der Waals surface area contributed by atoms with Crippen LogP contribution in [0.1, 0.15) is 26.7 Å². The molecule has 2 aliphatic heterocycles. The van der Waals surface area contributed by atoms with Crippen LogP contribution in [0.5, 0.6) is 0 Å². The van der Waals surface area contributed by atoms with Gasteiger partial charge >= 0.3 is 0 Å². The highest BCUT2D eigenvalue weighted by molar-refractivity contribution is 4.86. The van der Waals surface area contributed by atoms with E-state index in [9.17, 15) is 0 Å². The van der Waals surface area contributed by atoms with Gasteiger partial charge in [-0.15, -0.1) is 0 Å². The SMILES string of the molecule is CC(C)(CNCC1CCCN1)N1CCOCC1. The largest absolute Gasteiger partial charge is 0.379 e. The van der Waals surface area contributed by atoms with Crippen molar-refractivity contribution in [2.45, 2.75) is 38.3 Å². The molecule has 17 heavy (non-hydrogen) atoms. The lowest BCUT2D eigenvalue weighted by Crippen LogP contribution is -2.55. The monoisotopic (exact) mass is 241 g/mol. The Morgan fingerprint density at radius 2 is 2.12 bits per heavy atom. The third-order valence-corrected chi connectivity index (χ3v) is 3.98. The second-order valence-electron chi connectivity index (χ2n) is 5.84. The van der Waals surface area contributed by atoms with Gasteiger partial charge in [-0.1, -0.05) is 0 Å². The molecular formula is C13H27N3O. The summed E-state index contributed by atoms with van der Waals surface area (Å²) in [6.45, 7) is 11.9. The molecule has 0 aromatic rings. The van der Waals surface area contributed by atoms with E-state index in [2.05, 4.69) is 29.4 Å². The van der Waals surface area contributed by atoms with Gasteiger partial charge in [0.15, 0.2) is 0 Å². The molecule has 0 aromatic heterocycles. The minimum atomic E-state index is 0.238. The van der Waals surface area contributed by atoms with Gasteiger partial charge in [-0.2, -0.15) is 0 Å². The van der Waals surface area contributed by atoms with Gasteiger partial charge in [-0.05, 0) is 33.2 Å². The van der Waals surface area contributed by atoms with Crippen LogP contribution in [0.25, 0.3) is 0 Å². The van der Waals surface area contributed by atoms with Gasteiger partial charge in [0, 0.05) is 37.8 Å². The fourth-order valence-electron chi connectivity index (χ4n) is 2.76. The quantitative estimate of drug-likeness (QED) is 0.732.